The van der Waals surface area contributed by atoms with Crippen LogP contribution in [-0.2, 0) is 10.4 Å². The SMILES string of the molecule is CN1CC=C[NH+]1C.O=S(=O)([O-])O. The Kier molecular flexibility index (Phi) is 4.35. The zero-order valence-corrected chi connectivity index (χ0v) is 7.71. The largest absolute Gasteiger partial charge is 0.726 e. The monoisotopic (exact) mass is 196 g/mol. The van der Waals surface area contributed by atoms with E-state index in [1.807, 2.05) is 0 Å². The molecule has 0 spiro atoms. The van der Waals surface area contributed by atoms with Crippen molar-refractivity contribution in [2.75, 3.05) is 20.6 Å². The summed E-state index contributed by atoms with van der Waals surface area (Å²) in [5.74, 6) is 0. The maximum Gasteiger partial charge on any atom is 0.215 e. The number of rotatable bonds is 0. The zero-order valence-electron chi connectivity index (χ0n) is 6.89. The van der Waals surface area contributed by atoms with Gasteiger partial charge < -0.3 is 4.55 Å². The van der Waals surface area contributed by atoms with Crippen LogP contribution in [-0.4, -0.2) is 43.2 Å². The van der Waals surface area contributed by atoms with E-state index in [9.17, 15) is 0 Å². The van der Waals surface area contributed by atoms with Gasteiger partial charge in [-0.1, -0.05) is 0 Å². The molecule has 0 radical (unpaired) electrons. The maximum atomic E-state index is 8.63. The second-order valence-electron chi connectivity index (χ2n) is 2.35. The van der Waals surface area contributed by atoms with E-state index in [0.717, 1.165) is 6.54 Å². The summed E-state index contributed by atoms with van der Waals surface area (Å²) in [6, 6.07) is 0. The van der Waals surface area contributed by atoms with E-state index >= 15 is 0 Å². The van der Waals surface area contributed by atoms with E-state index < -0.39 is 10.4 Å². The van der Waals surface area contributed by atoms with E-state index in [2.05, 4.69) is 31.4 Å². The fourth-order valence-electron chi connectivity index (χ4n) is 0.653. The number of quaternary nitrogens is 1. The van der Waals surface area contributed by atoms with Crippen molar-refractivity contribution in [2.24, 2.45) is 0 Å². The molecule has 0 aliphatic carbocycles. The first kappa shape index (κ1) is 11.5. The van der Waals surface area contributed by atoms with Gasteiger partial charge in [-0.15, -0.1) is 0 Å². The first-order valence-electron chi connectivity index (χ1n) is 3.20. The van der Waals surface area contributed by atoms with Crippen LogP contribution in [0, 0.1) is 0 Å². The molecule has 6 nitrogen and oxygen atoms in total. The Morgan fingerprint density at radius 1 is 1.67 bits per heavy atom. The standard InChI is InChI=1S/C5H10N2.H2O4S/c1-6-4-3-5-7(6)2;1-5(2,3)4/h3-4H,5H2,1-2H3;(H2,1,2,3,4). The fraction of sp³-hybridized carbons (Fsp3) is 0.600. The van der Waals surface area contributed by atoms with Crippen LogP contribution < -0.4 is 5.01 Å². The highest BCUT2D eigenvalue weighted by atomic mass is 32.3. The van der Waals surface area contributed by atoms with Crippen LogP contribution in [0.15, 0.2) is 12.3 Å². The van der Waals surface area contributed by atoms with Crippen molar-refractivity contribution >= 4 is 10.4 Å². The minimum Gasteiger partial charge on any atom is -0.726 e. The van der Waals surface area contributed by atoms with Crippen LogP contribution in [0.1, 0.15) is 0 Å². The summed E-state index contributed by atoms with van der Waals surface area (Å²) in [6.07, 6.45) is 4.30. The van der Waals surface area contributed by atoms with Crippen LogP contribution >= 0.6 is 0 Å². The average molecular weight is 196 g/mol. The van der Waals surface area contributed by atoms with Crippen molar-refractivity contribution in [1.82, 2.24) is 5.01 Å². The summed E-state index contributed by atoms with van der Waals surface area (Å²) in [6.45, 7) is 1.09. The number of hydrogen-bond donors (Lipinski definition) is 2. The molecule has 0 saturated heterocycles. The van der Waals surface area contributed by atoms with Crippen molar-refractivity contribution in [3.63, 3.8) is 0 Å². The minimum absolute atomic E-state index is 1.09. The van der Waals surface area contributed by atoms with Crippen LogP contribution in [0.4, 0.5) is 0 Å². The lowest BCUT2D eigenvalue weighted by atomic mass is 10.6. The third-order valence-electron chi connectivity index (χ3n) is 1.34. The third kappa shape index (κ3) is 7.63. The highest BCUT2D eigenvalue weighted by molar-refractivity contribution is 7.79. The Balaban J connectivity index is 0.000000217. The molecular weight excluding hydrogens is 184 g/mol. The fourth-order valence-corrected chi connectivity index (χ4v) is 0.653. The lowest BCUT2D eigenvalue weighted by Crippen LogP contribution is -3.09. The summed E-state index contributed by atoms with van der Waals surface area (Å²) >= 11 is 0. The van der Waals surface area contributed by atoms with Crippen LogP contribution in [0.25, 0.3) is 0 Å². The van der Waals surface area contributed by atoms with Crippen molar-refractivity contribution in [1.29, 1.82) is 0 Å². The molecule has 0 fully saturated rings. The first-order chi connectivity index (χ1) is 5.30. The second kappa shape index (κ2) is 4.53. The van der Waals surface area contributed by atoms with Gasteiger partial charge in [0.2, 0.25) is 10.4 Å². The van der Waals surface area contributed by atoms with Crippen molar-refractivity contribution < 1.29 is 22.5 Å². The van der Waals surface area contributed by atoms with Crippen LogP contribution in [0.3, 0.4) is 0 Å². The van der Waals surface area contributed by atoms with Gasteiger partial charge in [-0.2, -0.15) is 5.01 Å². The summed E-state index contributed by atoms with van der Waals surface area (Å²) in [5.41, 5.74) is 0. The molecule has 0 aromatic carbocycles. The number of hydrogen-bond acceptors (Lipinski definition) is 4. The van der Waals surface area contributed by atoms with Crippen LogP contribution in [0.5, 0.6) is 0 Å². The van der Waals surface area contributed by atoms with E-state index in [1.165, 1.54) is 5.01 Å². The average Bonchev–Trinajstić information content (AvgIpc) is 2.12. The quantitative estimate of drug-likeness (QED) is 0.342. The van der Waals surface area contributed by atoms with E-state index in [-0.39, 0.29) is 0 Å². The van der Waals surface area contributed by atoms with Gasteiger partial charge in [0.1, 0.15) is 6.20 Å². The molecule has 0 aromatic heterocycles. The van der Waals surface area contributed by atoms with Crippen molar-refractivity contribution in [3.8, 4) is 0 Å². The number of nitrogens with zero attached hydrogens (tertiary/aromatic N) is 1. The molecule has 0 bridgehead atoms. The molecule has 1 rings (SSSR count). The Morgan fingerprint density at radius 3 is 2.17 bits per heavy atom. The third-order valence-corrected chi connectivity index (χ3v) is 1.34. The molecule has 0 aromatic rings. The molecule has 2 N–H and O–H groups in total. The zero-order chi connectivity index (χ0) is 9.78. The van der Waals surface area contributed by atoms with Gasteiger partial charge in [0, 0.05) is 7.05 Å². The molecule has 1 heterocycles. The predicted octanol–water partition coefficient (Wildman–Crippen LogP) is -2.12. The molecule has 1 aliphatic rings. The van der Waals surface area contributed by atoms with Gasteiger partial charge in [0.25, 0.3) is 0 Å². The Labute approximate surface area is 71.6 Å². The van der Waals surface area contributed by atoms with Crippen molar-refractivity contribution in [2.45, 2.75) is 0 Å². The highest BCUT2D eigenvalue weighted by Gasteiger charge is 2.09. The molecule has 72 valence electrons. The molecular formula is C5H12N2O4S. The number of nitrogens with one attached hydrogen (secondary N) is 1. The molecule has 12 heavy (non-hydrogen) atoms. The second-order valence-corrected chi connectivity index (χ2v) is 3.21. The molecule has 7 heteroatoms. The van der Waals surface area contributed by atoms with E-state index in [0.29, 0.717) is 0 Å². The maximum absolute atomic E-state index is 8.63. The summed E-state index contributed by atoms with van der Waals surface area (Å²) in [5, 5.41) is 3.57. The lowest BCUT2D eigenvalue weighted by Gasteiger charge is -2.11. The van der Waals surface area contributed by atoms with Gasteiger partial charge in [-0.05, 0) is 6.08 Å². The molecule has 1 aliphatic heterocycles. The van der Waals surface area contributed by atoms with Gasteiger partial charge in [0.15, 0.2) is 0 Å². The van der Waals surface area contributed by atoms with E-state index in [1.54, 1.807) is 0 Å². The Bertz CT molecular complexity index is 240. The van der Waals surface area contributed by atoms with Gasteiger partial charge in [-0.3, -0.25) is 4.55 Å². The van der Waals surface area contributed by atoms with Crippen molar-refractivity contribution in [3.05, 3.63) is 12.3 Å². The highest BCUT2D eigenvalue weighted by Crippen LogP contribution is 1.76. The normalized spacial score (nSPS) is 23.5. The Morgan fingerprint density at radius 2 is 2.08 bits per heavy atom. The topological polar surface area (TPSA) is 85.1 Å². The number of likely N-dealkylation sites (N-methyl/N-ethyl adjacent to an activating group) is 1. The molecule has 0 saturated carbocycles. The first-order valence-corrected chi connectivity index (χ1v) is 4.57. The summed E-state index contributed by atoms with van der Waals surface area (Å²) in [7, 11) is -0.709. The minimum atomic E-state index is -4.92. The predicted molar refractivity (Wildman–Crippen MR) is 41.0 cm³/mol. The van der Waals surface area contributed by atoms with Gasteiger partial charge in [-0.25, -0.2) is 13.4 Å². The van der Waals surface area contributed by atoms with E-state index in [4.69, 9.17) is 17.5 Å². The molecule has 0 amide bonds. The molecule has 1 unspecified atom stereocenters. The summed E-state index contributed by atoms with van der Waals surface area (Å²) in [4.78, 5) is 0. The smallest absolute Gasteiger partial charge is 0.215 e. The lowest BCUT2D eigenvalue weighted by molar-refractivity contribution is -0.941. The van der Waals surface area contributed by atoms with Crippen LogP contribution in [0.2, 0.25) is 0 Å². The summed E-state index contributed by atoms with van der Waals surface area (Å²) < 4.78 is 32.8. The Hall–Kier alpha value is -0.470. The van der Waals surface area contributed by atoms with Gasteiger partial charge in [0.05, 0.1) is 13.6 Å². The molecule has 1 atom stereocenters. The van der Waals surface area contributed by atoms with Gasteiger partial charge >= 0.3 is 0 Å².